The fourth-order valence-corrected chi connectivity index (χ4v) is 2.64. The molecular weight excluding hydrogens is 302 g/mol. The van der Waals surface area contributed by atoms with Crippen LogP contribution < -0.4 is 4.74 Å². The lowest BCUT2D eigenvalue weighted by Gasteiger charge is -2.17. The van der Waals surface area contributed by atoms with Crippen molar-refractivity contribution in [3.8, 4) is 5.75 Å². The third-order valence-corrected chi connectivity index (χ3v) is 3.90. The number of amides is 1. The van der Waals surface area contributed by atoms with Crippen LogP contribution in [0.2, 0.25) is 5.02 Å². The van der Waals surface area contributed by atoms with Gasteiger partial charge in [-0.15, -0.1) is 0 Å². The van der Waals surface area contributed by atoms with Crippen LogP contribution in [0.25, 0.3) is 0 Å². The molecule has 0 radical (unpaired) electrons. The number of aryl methyl sites for hydroxylation is 1. The summed E-state index contributed by atoms with van der Waals surface area (Å²) in [5, 5.41) is 0.582. The lowest BCUT2D eigenvalue weighted by Crippen LogP contribution is -2.31. The van der Waals surface area contributed by atoms with E-state index in [1.807, 2.05) is 25.1 Å². The van der Waals surface area contributed by atoms with Gasteiger partial charge < -0.3 is 9.64 Å². The summed E-state index contributed by atoms with van der Waals surface area (Å²) in [7, 11) is 0. The Morgan fingerprint density at radius 1 is 1.36 bits per heavy atom. The number of likely N-dealkylation sites (tertiary alicyclic amines) is 1. The number of carbonyl (C=O) groups excluding carboxylic acids is 1. The van der Waals surface area contributed by atoms with Crippen LogP contribution in [0.15, 0.2) is 36.7 Å². The molecule has 1 aliphatic rings. The molecule has 6 heteroatoms. The maximum Gasteiger partial charge on any atom is 0.272 e. The lowest BCUT2D eigenvalue weighted by atomic mass is 10.3. The van der Waals surface area contributed by atoms with Crippen LogP contribution in [0.5, 0.6) is 5.75 Å². The molecule has 114 valence electrons. The zero-order valence-corrected chi connectivity index (χ0v) is 13.0. The first-order chi connectivity index (χ1) is 10.6. The predicted molar refractivity (Wildman–Crippen MR) is 83.2 cm³/mol. The highest BCUT2D eigenvalue weighted by Gasteiger charge is 2.29. The minimum Gasteiger partial charge on any atom is -0.487 e. The molecule has 0 spiro atoms. The highest BCUT2D eigenvalue weighted by atomic mass is 35.5. The van der Waals surface area contributed by atoms with Crippen LogP contribution >= 0.6 is 11.6 Å². The van der Waals surface area contributed by atoms with Crippen LogP contribution in [-0.4, -0.2) is 40.0 Å². The van der Waals surface area contributed by atoms with Crippen molar-refractivity contribution in [2.45, 2.75) is 19.4 Å². The first-order valence-corrected chi connectivity index (χ1v) is 7.50. The first kappa shape index (κ1) is 14.8. The second-order valence-corrected chi connectivity index (χ2v) is 5.66. The molecule has 3 rings (SSSR count). The highest BCUT2D eigenvalue weighted by molar-refractivity contribution is 6.32. The first-order valence-electron chi connectivity index (χ1n) is 7.12. The summed E-state index contributed by atoms with van der Waals surface area (Å²) in [6.07, 6.45) is 2.14. The van der Waals surface area contributed by atoms with E-state index in [1.165, 1.54) is 6.33 Å². The number of halogens is 1. The molecule has 2 aromatic rings. The molecule has 1 aromatic heterocycles. The van der Waals surface area contributed by atoms with E-state index in [1.54, 1.807) is 17.0 Å². The average molecular weight is 318 g/mol. The van der Waals surface area contributed by atoms with Gasteiger partial charge in [0.2, 0.25) is 0 Å². The summed E-state index contributed by atoms with van der Waals surface area (Å²) in [5.41, 5.74) is 1.20. The largest absolute Gasteiger partial charge is 0.487 e. The van der Waals surface area contributed by atoms with E-state index in [4.69, 9.17) is 16.3 Å². The number of hydrogen-bond acceptors (Lipinski definition) is 4. The molecule has 22 heavy (non-hydrogen) atoms. The fourth-order valence-electron chi connectivity index (χ4n) is 2.46. The Labute approximate surface area is 133 Å². The molecular formula is C16H16ClN3O2. The molecule has 5 nitrogen and oxygen atoms in total. The molecule has 1 atom stereocenters. The van der Waals surface area contributed by atoms with Gasteiger partial charge in [0.1, 0.15) is 23.9 Å². The van der Waals surface area contributed by atoms with Crippen molar-refractivity contribution < 1.29 is 9.53 Å². The van der Waals surface area contributed by atoms with E-state index in [-0.39, 0.29) is 12.0 Å². The van der Waals surface area contributed by atoms with Crippen LogP contribution in [0.3, 0.4) is 0 Å². The van der Waals surface area contributed by atoms with Gasteiger partial charge in [0.25, 0.3) is 5.91 Å². The fraction of sp³-hybridized carbons (Fsp3) is 0.312. The van der Waals surface area contributed by atoms with Crippen LogP contribution in [-0.2, 0) is 0 Å². The van der Waals surface area contributed by atoms with Gasteiger partial charge in [-0.25, -0.2) is 9.97 Å². The lowest BCUT2D eigenvalue weighted by molar-refractivity contribution is 0.0766. The molecule has 2 heterocycles. The van der Waals surface area contributed by atoms with Gasteiger partial charge in [0.05, 0.1) is 11.6 Å². The zero-order chi connectivity index (χ0) is 15.5. The van der Waals surface area contributed by atoms with E-state index in [2.05, 4.69) is 9.97 Å². The van der Waals surface area contributed by atoms with Gasteiger partial charge >= 0.3 is 0 Å². The van der Waals surface area contributed by atoms with Gasteiger partial charge in [0, 0.05) is 18.7 Å². The van der Waals surface area contributed by atoms with Crippen LogP contribution in [0.4, 0.5) is 0 Å². The number of carbonyl (C=O) groups is 1. The van der Waals surface area contributed by atoms with Gasteiger partial charge in [-0.05, 0) is 25.1 Å². The summed E-state index contributed by atoms with van der Waals surface area (Å²) < 4.78 is 5.89. The maximum absolute atomic E-state index is 12.4. The topological polar surface area (TPSA) is 55.3 Å². The number of para-hydroxylation sites is 1. The van der Waals surface area contributed by atoms with Crippen molar-refractivity contribution >= 4 is 17.5 Å². The molecule has 0 aliphatic carbocycles. The SMILES string of the molecule is Cc1cc(C(=O)N2CCC(Oc3ccccc3Cl)C2)ncn1. The van der Waals surface area contributed by atoms with E-state index in [9.17, 15) is 4.79 Å². The second kappa shape index (κ2) is 6.32. The Morgan fingerprint density at radius 2 is 2.18 bits per heavy atom. The number of benzene rings is 1. The Kier molecular flexibility index (Phi) is 4.24. The van der Waals surface area contributed by atoms with Gasteiger partial charge in [0.15, 0.2) is 0 Å². The van der Waals surface area contributed by atoms with Crippen LogP contribution in [0.1, 0.15) is 22.6 Å². The number of hydrogen-bond donors (Lipinski definition) is 0. The summed E-state index contributed by atoms with van der Waals surface area (Å²) in [6.45, 7) is 3.02. The number of aromatic nitrogens is 2. The third-order valence-electron chi connectivity index (χ3n) is 3.59. The van der Waals surface area contributed by atoms with Crippen molar-refractivity contribution in [1.82, 2.24) is 14.9 Å². The van der Waals surface area contributed by atoms with Crippen molar-refractivity contribution in [2.75, 3.05) is 13.1 Å². The van der Waals surface area contributed by atoms with E-state index < -0.39 is 0 Å². The molecule has 1 amide bonds. The summed E-state index contributed by atoms with van der Waals surface area (Å²) in [4.78, 5) is 22.2. The summed E-state index contributed by atoms with van der Waals surface area (Å²) in [6, 6.07) is 9.06. The minimum atomic E-state index is -0.0873. The predicted octanol–water partition coefficient (Wildman–Crippen LogP) is 2.73. The maximum atomic E-state index is 12.4. The minimum absolute atomic E-state index is 0.0493. The number of nitrogens with zero attached hydrogens (tertiary/aromatic N) is 3. The normalized spacial score (nSPS) is 17.5. The third kappa shape index (κ3) is 3.20. The Hall–Kier alpha value is -2.14. The second-order valence-electron chi connectivity index (χ2n) is 5.25. The summed E-state index contributed by atoms with van der Waals surface area (Å²) in [5.74, 6) is 0.567. The van der Waals surface area contributed by atoms with Crippen molar-refractivity contribution in [3.05, 3.63) is 53.1 Å². The molecule has 1 unspecified atom stereocenters. The van der Waals surface area contributed by atoms with E-state index >= 15 is 0 Å². The molecule has 0 bridgehead atoms. The van der Waals surface area contributed by atoms with Crippen molar-refractivity contribution in [1.29, 1.82) is 0 Å². The van der Waals surface area contributed by atoms with E-state index in [0.717, 1.165) is 12.1 Å². The Bertz CT molecular complexity index is 693. The zero-order valence-electron chi connectivity index (χ0n) is 12.2. The summed E-state index contributed by atoms with van der Waals surface area (Å²) >= 11 is 6.09. The Balaban J connectivity index is 1.65. The standard InChI is InChI=1S/C16H16ClN3O2/c1-11-8-14(19-10-18-11)16(21)20-7-6-12(9-20)22-15-5-3-2-4-13(15)17/h2-5,8,10,12H,6-7,9H2,1H3. The van der Waals surface area contributed by atoms with Gasteiger partial charge in [-0.1, -0.05) is 23.7 Å². The molecule has 0 N–H and O–H groups in total. The number of ether oxygens (including phenoxy) is 1. The van der Waals surface area contributed by atoms with Crippen LogP contribution in [0, 0.1) is 6.92 Å². The quantitative estimate of drug-likeness (QED) is 0.873. The molecule has 1 saturated heterocycles. The monoisotopic (exact) mass is 317 g/mol. The molecule has 1 aliphatic heterocycles. The van der Waals surface area contributed by atoms with Gasteiger partial charge in [-0.3, -0.25) is 4.79 Å². The Morgan fingerprint density at radius 3 is 2.95 bits per heavy atom. The van der Waals surface area contributed by atoms with E-state index in [0.29, 0.717) is 29.6 Å². The molecule has 1 fully saturated rings. The highest BCUT2D eigenvalue weighted by Crippen LogP contribution is 2.26. The van der Waals surface area contributed by atoms with Crippen molar-refractivity contribution in [2.24, 2.45) is 0 Å². The smallest absolute Gasteiger partial charge is 0.272 e. The van der Waals surface area contributed by atoms with Crippen molar-refractivity contribution in [3.63, 3.8) is 0 Å². The van der Waals surface area contributed by atoms with Gasteiger partial charge in [-0.2, -0.15) is 0 Å². The average Bonchev–Trinajstić information content (AvgIpc) is 2.97. The molecule has 1 aromatic carbocycles. The molecule has 0 saturated carbocycles. The number of rotatable bonds is 3.